The summed E-state index contributed by atoms with van der Waals surface area (Å²) < 4.78 is 4.96. The van der Waals surface area contributed by atoms with Crippen LogP contribution < -0.4 is 5.32 Å². The third kappa shape index (κ3) is 4.17. The molecule has 0 spiro atoms. The number of hydrogen-bond acceptors (Lipinski definition) is 5. The number of likely N-dealkylation sites (N-methyl/N-ethyl adjacent to an activating group) is 1. The Bertz CT molecular complexity index is 489. The maximum Gasteiger partial charge on any atom is 0.317 e. The number of methoxy groups -OCH3 is 1. The van der Waals surface area contributed by atoms with E-state index < -0.39 is 0 Å². The van der Waals surface area contributed by atoms with Crippen LogP contribution in [0, 0.1) is 5.92 Å². The minimum atomic E-state index is -0.0524. The molecule has 0 saturated carbocycles. The van der Waals surface area contributed by atoms with Gasteiger partial charge in [0, 0.05) is 32.8 Å². The first-order chi connectivity index (χ1) is 10.5. The zero-order chi connectivity index (χ0) is 16.1. The number of ether oxygens (including phenoxy) is 1. The Hall–Kier alpha value is -1.67. The molecule has 1 aromatic rings. The van der Waals surface area contributed by atoms with Gasteiger partial charge < -0.3 is 15.0 Å². The largest absolute Gasteiger partial charge is 0.377 e. The first-order valence-corrected chi connectivity index (χ1v) is 7.63. The van der Waals surface area contributed by atoms with Crippen molar-refractivity contribution in [3.05, 3.63) is 11.6 Å². The summed E-state index contributed by atoms with van der Waals surface area (Å²) in [5.74, 6) is 1.74. The van der Waals surface area contributed by atoms with Crippen LogP contribution in [0.3, 0.4) is 0 Å². The lowest BCUT2D eigenvalue weighted by Gasteiger charge is -2.41. The van der Waals surface area contributed by atoms with Crippen LogP contribution in [-0.4, -0.2) is 70.8 Å². The number of piperazine rings is 1. The molecule has 8 nitrogen and oxygen atoms in total. The number of aromatic amines is 1. The average Bonchev–Trinajstić information content (AvgIpc) is 2.93. The van der Waals surface area contributed by atoms with Crippen LogP contribution in [0.25, 0.3) is 0 Å². The molecule has 1 aromatic heterocycles. The van der Waals surface area contributed by atoms with Gasteiger partial charge in [0.15, 0.2) is 5.82 Å². The van der Waals surface area contributed by atoms with E-state index in [0.717, 1.165) is 19.6 Å². The zero-order valence-corrected chi connectivity index (χ0v) is 13.8. The van der Waals surface area contributed by atoms with E-state index in [4.69, 9.17) is 4.74 Å². The molecule has 8 heteroatoms. The number of nitrogens with one attached hydrogen (secondary N) is 2. The Kier molecular flexibility index (Phi) is 5.73. The molecule has 0 aliphatic carbocycles. The highest BCUT2D eigenvalue weighted by Crippen LogP contribution is 2.15. The Morgan fingerprint density at radius 1 is 1.50 bits per heavy atom. The van der Waals surface area contributed by atoms with Crippen LogP contribution in [0.1, 0.15) is 25.5 Å². The molecule has 1 saturated heterocycles. The number of rotatable bonds is 5. The summed E-state index contributed by atoms with van der Waals surface area (Å²) in [5.41, 5.74) is 0. The molecule has 2 rings (SSSR count). The van der Waals surface area contributed by atoms with Gasteiger partial charge in [0.25, 0.3) is 0 Å². The van der Waals surface area contributed by atoms with Crippen molar-refractivity contribution >= 4 is 6.03 Å². The van der Waals surface area contributed by atoms with Crippen LogP contribution in [0.2, 0.25) is 0 Å². The standard InChI is InChI=1S/C14H26N6O2/c1-10(2)11-8-20(6-5-19(11)3)14(21)15-7-12-16-13(9-22-4)18-17-12/h10-11H,5-9H2,1-4H3,(H,15,21)(H,16,17,18). The summed E-state index contributed by atoms with van der Waals surface area (Å²) in [6.07, 6.45) is 0. The molecule has 2 heterocycles. The second kappa shape index (κ2) is 7.55. The Morgan fingerprint density at radius 2 is 2.27 bits per heavy atom. The summed E-state index contributed by atoms with van der Waals surface area (Å²) in [5, 5.41) is 9.70. The van der Waals surface area contributed by atoms with E-state index >= 15 is 0 Å². The van der Waals surface area contributed by atoms with Crippen molar-refractivity contribution in [1.29, 1.82) is 0 Å². The second-order valence-electron chi connectivity index (χ2n) is 6.03. The lowest BCUT2D eigenvalue weighted by Crippen LogP contribution is -2.57. The van der Waals surface area contributed by atoms with Crippen molar-refractivity contribution in [2.24, 2.45) is 5.92 Å². The molecule has 1 aliphatic heterocycles. The molecule has 0 bridgehead atoms. The summed E-state index contributed by atoms with van der Waals surface area (Å²) in [6, 6.07) is 0.349. The van der Waals surface area contributed by atoms with Crippen molar-refractivity contribution in [2.45, 2.75) is 33.0 Å². The van der Waals surface area contributed by atoms with Crippen molar-refractivity contribution in [2.75, 3.05) is 33.8 Å². The van der Waals surface area contributed by atoms with Gasteiger partial charge in [0.1, 0.15) is 12.4 Å². The van der Waals surface area contributed by atoms with Crippen LogP contribution in [0.15, 0.2) is 0 Å². The highest BCUT2D eigenvalue weighted by molar-refractivity contribution is 5.74. The third-order valence-electron chi connectivity index (χ3n) is 4.01. The van der Waals surface area contributed by atoms with E-state index in [2.05, 4.69) is 46.3 Å². The maximum atomic E-state index is 12.3. The van der Waals surface area contributed by atoms with Crippen LogP contribution in [-0.2, 0) is 17.9 Å². The van der Waals surface area contributed by atoms with E-state index in [9.17, 15) is 4.79 Å². The van der Waals surface area contributed by atoms with Gasteiger partial charge in [-0.05, 0) is 13.0 Å². The van der Waals surface area contributed by atoms with E-state index in [1.807, 2.05) is 4.90 Å². The number of amides is 2. The molecule has 1 unspecified atom stereocenters. The molecule has 1 fully saturated rings. The van der Waals surface area contributed by atoms with Crippen LogP contribution in [0.5, 0.6) is 0 Å². The Balaban J connectivity index is 1.83. The molecular formula is C14H26N6O2. The maximum absolute atomic E-state index is 12.3. The Labute approximate surface area is 131 Å². The molecule has 124 valence electrons. The molecule has 0 aromatic carbocycles. The second-order valence-corrected chi connectivity index (χ2v) is 6.03. The monoisotopic (exact) mass is 310 g/mol. The molecule has 1 aliphatic rings. The zero-order valence-electron chi connectivity index (χ0n) is 13.8. The normalized spacial score (nSPS) is 19.7. The number of aromatic nitrogens is 3. The highest BCUT2D eigenvalue weighted by Gasteiger charge is 2.29. The van der Waals surface area contributed by atoms with Crippen molar-refractivity contribution in [3.63, 3.8) is 0 Å². The summed E-state index contributed by atoms with van der Waals surface area (Å²) >= 11 is 0. The number of hydrogen-bond donors (Lipinski definition) is 2. The fourth-order valence-electron chi connectivity index (χ4n) is 2.68. The minimum absolute atomic E-state index is 0.0524. The van der Waals surface area contributed by atoms with E-state index in [0.29, 0.717) is 36.8 Å². The smallest absolute Gasteiger partial charge is 0.317 e. The van der Waals surface area contributed by atoms with E-state index in [1.165, 1.54) is 0 Å². The van der Waals surface area contributed by atoms with Crippen LogP contribution >= 0.6 is 0 Å². The molecule has 1 atom stereocenters. The molecule has 2 N–H and O–H groups in total. The van der Waals surface area contributed by atoms with Gasteiger partial charge in [-0.15, -0.1) is 0 Å². The molecule has 22 heavy (non-hydrogen) atoms. The third-order valence-corrected chi connectivity index (χ3v) is 4.01. The van der Waals surface area contributed by atoms with Gasteiger partial charge in [0.2, 0.25) is 0 Å². The predicted molar refractivity (Wildman–Crippen MR) is 82.2 cm³/mol. The van der Waals surface area contributed by atoms with Gasteiger partial charge in [-0.3, -0.25) is 10.00 Å². The van der Waals surface area contributed by atoms with E-state index in [-0.39, 0.29) is 6.03 Å². The SMILES string of the molecule is COCc1n[nH]c(CNC(=O)N2CCN(C)C(C(C)C)C2)n1. The minimum Gasteiger partial charge on any atom is -0.377 e. The van der Waals surface area contributed by atoms with Crippen LogP contribution in [0.4, 0.5) is 4.79 Å². The first-order valence-electron chi connectivity index (χ1n) is 7.63. The van der Waals surface area contributed by atoms with Gasteiger partial charge in [-0.25, -0.2) is 9.78 Å². The Morgan fingerprint density at radius 3 is 2.95 bits per heavy atom. The number of H-pyrrole nitrogens is 1. The first kappa shape index (κ1) is 16.7. The lowest BCUT2D eigenvalue weighted by molar-refractivity contribution is 0.0855. The number of carbonyl (C=O) groups excluding carboxylic acids is 1. The summed E-state index contributed by atoms with van der Waals surface area (Å²) in [4.78, 5) is 20.7. The van der Waals surface area contributed by atoms with E-state index in [1.54, 1.807) is 7.11 Å². The number of nitrogens with zero attached hydrogens (tertiary/aromatic N) is 4. The predicted octanol–water partition coefficient (Wildman–Crippen LogP) is 0.433. The summed E-state index contributed by atoms with van der Waals surface area (Å²) in [7, 11) is 3.71. The topological polar surface area (TPSA) is 86.4 Å². The quantitative estimate of drug-likeness (QED) is 0.824. The number of carbonyl (C=O) groups is 1. The van der Waals surface area contributed by atoms with Gasteiger partial charge in [0.05, 0.1) is 6.54 Å². The van der Waals surface area contributed by atoms with Crippen molar-refractivity contribution < 1.29 is 9.53 Å². The van der Waals surface area contributed by atoms with Gasteiger partial charge in [-0.2, -0.15) is 5.10 Å². The highest BCUT2D eigenvalue weighted by atomic mass is 16.5. The van der Waals surface area contributed by atoms with Crippen molar-refractivity contribution in [3.8, 4) is 0 Å². The molecule has 0 radical (unpaired) electrons. The van der Waals surface area contributed by atoms with Gasteiger partial charge >= 0.3 is 6.03 Å². The fourth-order valence-corrected chi connectivity index (χ4v) is 2.68. The van der Waals surface area contributed by atoms with Crippen molar-refractivity contribution in [1.82, 2.24) is 30.3 Å². The fraction of sp³-hybridized carbons (Fsp3) is 0.786. The van der Waals surface area contributed by atoms with Gasteiger partial charge in [-0.1, -0.05) is 13.8 Å². The molecular weight excluding hydrogens is 284 g/mol. The lowest BCUT2D eigenvalue weighted by atomic mass is 10.0. The number of urea groups is 1. The summed E-state index contributed by atoms with van der Waals surface area (Å²) in [6.45, 7) is 7.48. The molecule has 2 amide bonds. The average molecular weight is 310 g/mol.